The first kappa shape index (κ1) is 5.07. The Morgan fingerprint density at radius 2 is 2.17 bits per heavy atom. The van der Waals surface area contributed by atoms with Crippen LogP contribution in [-0.4, -0.2) is 10.8 Å². The van der Waals surface area contributed by atoms with E-state index in [1.807, 2.05) is 0 Å². The highest BCUT2D eigenvalue weighted by Crippen LogP contribution is 1.64. The third-order valence-electron chi connectivity index (χ3n) is 0.286. The Hall–Kier alpha value is -0.930. The number of amides is 1. The average Bonchev–Trinajstić information content (AvgIpc) is 1.36. The zero-order valence-corrected chi connectivity index (χ0v) is 3.26. The van der Waals surface area contributed by atoms with Crippen LogP contribution in [0.15, 0.2) is 0 Å². The Morgan fingerprint density at radius 3 is 2.17 bits per heavy atom. The fourth-order valence-corrected chi connectivity index (χ4v) is 0. The molecule has 0 saturated carbocycles. The molecule has 4 nitrogen and oxygen atoms in total. The standard InChI is InChI=1S/C2H4N2O2/c1-2(5)4(3)6/h3H,1H3. The van der Waals surface area contributed by atoms with E-state index in [0.29, 0.717) is 0 Å². The fraction of sp³-hybridized carbons (Fsp3) is 0.500. The lowest BCUT2D eigenvalue weighted by Gasteiger charge is -1.82. The van der Waals surface area contributed by atoms with E-state index in [4.69, 9.17) is 5.53 Å². The van der Waals surface area contributed by atoms with Gasteiger partial charge in [-0.25, -0.2) is 4.79 Å². The molecule has 1 amide bonds. The summed E-state index contributed by atoms with van der Waals surface area (Å²) >= 11 is 0. The molecule has 1 N–H and O–H groups in total. The second-order valence-corrected chi connectivity index (χ2v) is 0.813. The molecule has 0 aliphatic heterocycles. The Balaban J connectivity index is 3.57. The molecule has 0 aromatic rings. The van der Waals surface area contributed by atoms with Gasteiger partial charge in [0.25, 0.3) is 0 Å². The summed E-state index contributed by atoms with van der Waals surface area (Å²) in [5.74, 6) is -0.796. The number of nitrogens with one attached hydrogen (secondary N) is 1. The molecule has 0 bridgehead atoms. The van der Waals surface area contributed by atoms with Crippen molar-refractivity contribution in [3.63, 3.8) is 0 Å². The normalized spacial score (nSPS) is 7.50. The van der Waals surface area contributed by atoms with Crippen molar-refractivity contribution in [2.24, 2.45) is 0 Å². The van der Waals surface area contributed by atoms with Crippen LogP contribution in [0.5, 0.6) is 0 Å². The third-order valence-corrected chi connectivity index (χ3v) is 0.286. The predicted molar refractivity (Wildman–Crippen MR) is 17.0 cm³/mol. The van der Waals surface area contributed by atoms with Crippen molar-refractivity contribution in [3.8, 4) is 0 Å². The first-order valence-electron chi connectivity index (χ1n) is 1.33. The van der Waals surface area contributed by atoms with Crippen molar-refractivity contribution in [3.05, 3.63) is 5.21 Å². The SMILES string of the molecule is CC(=O)[N+](=N)[O-]. The molecule has 0 fully saturated rings. The van der Waals surface area contributed by atoms with Gasteiger partial charge in [0.05, 0.1) is 6.92 Å². The highest BCUT2D eigenvalue weighted by Gasteiger charge is 1.94. The summed E-state index contributed by atoms with van der Waals surface area (Å²) in [6, 6.07) is 0. The predicted octanol–water partition coefficient (Wildman–Crippen LogP) is 0.0742. The second-order valence-electron chi connectivity index (χ2n) is 0.813. The van der Waals surface area contributed by atoms with Crippen molar-refractivity contribution in [1.82, 2.24) is 0 Å². The molecule has 0 heterocycles. The van der Waals surface area contributed by atoms with Crippen molar-refractivity contribution in [2.45, 2.75) is 6.92 Å². The van der Waals surface area contributed by atoms with Gasteiger partial charge in [-0.05, 0) is 10.4 Å². The maximum absolute atomic E-state index is 9.57. The summed E-state index contributed by atoms with van der Waals surface area (Å²) in [5.41, 5.74) is 5.96. The molecule has 0 spiro atoms. The lowest BCUT2D eigenvalue weighted by molar-refractivity contribution is -0.469. The number of carbonyl (C=O) groups excluding carboxylic acids is 1. The summed E-state index contributed by atoms with van der Waals surface area (Å²) in [6.07, 6.45) is 0. The minimum Gasteiger partial charge on any atom is -0.592 e. The molecule has 6 heavy (non-hydrogen) atoms. The van der Waals surface area contributed by atoms with Crippen LogP contribution in [0, 0.1) is 10.7 Å². The summed E-state index contributed by atoms with van der Waals surface area (Å²) in [5, 5.41) is 9.38. The number of hydroxylamine groups is 1. The van der Waals surface area contributed by atoms with Crippen LogP contribution in [0.1, 0.15) is 6.92 Å². The number of nitrogens with zero attached hydrogens (tertiary/aromatic N) is 1. The molecule has 34 valence electrons. The fourth-order valence-electron chi connectivity index (χ4n) is 0. The summed E-state index contributed by atoms with van der Waals surface area (Å²) in [7, 11) is 0. The van der Waals surface area contributed by atoms with Crippen LogP contribution < -0.4 is 0 Å². The summed E-state index contributed by atoms with van der Waals surface area (Å²) in [6.45, 7) is 1.03. The van der Waals surface area contributed by atoms with E-state index in [1.165, 1.54) is 0 Å². The Labute approximate surface area is 34.5 Å². The molecule has 0 aliphatic carbocycles. The first-order valence-corrected chi connectivity index (χ1v) is 1.33. The third kappa shape index (κ3) is 1.40. The van der Waals surface area contributed by atoms with Gasteiger partial charge in [0.15, 0.2) is 0 Å². The van der Waals surface area contributed by atoms with Crippen LogP contribution in [0.2, 0.25) is 0 Å². The zero-order valence-electron chi connectivity index (χ0n) is 3.26. The van der Waals surface area contributed by atoms with Crippen molar-refractivity contribution in [2.75, 3.05) is 0 Å². The van der Waals surface area contributed by atoms with Gasteiger partial charge >= 0.3 is 5.91 Å². The minimum atomic E-state index is -0.796. The van der Waals surface area contributed by atoms with Crippen LogP contribution >= 0.6 is 0 Å². The van der Waals surface area contributed by atoms with Crippen LogP contribution in [-0.2, 0) is 4.79 Å². The van der Waals surface area contributed by atoms with Gasteiger partial charge in [0.1, 0.15) is 0 Å². The smallest absolute Gasteiger partial charge is 0.419 e. The molecule has 0 radical (unpaired) electrons. The van der Waals surface area contributed by atoms with E-state index in [1.54, 1.807) is 0 Å². The highest BCUT2D eigenvalue weighted by atomic mass is 16.5. The molecule has 0 aromatic carbocycles. The van der Waals surface area contributed by atoms with Crippen molar-refractivity contribution >= 4 is 5.91 Å². The topological polar surface area (TPSA) is 67.0 Å². The molecule has 0 atom stereocenters. The minimum absolute atomic E-state index is 0.472. The van der Waals surface area contributed by atoms with E-state index < -0.39 is 10.8 Å². The number of hydrogen-bond acceptors (Lipinski definition) is 3. The quantitative estimate of drug-likeness (QED) is 0.259. The van der Waals surface area contributed by atoms with E-state index in [2.05, 4.69) is 0 Å². The Kier molecular flexibility index (Phi) is 1.26. The monoisotopic (exact) mass is 88.0 g/mol. The van der Waals surface area contributed by atoms with Gasteiger partial charge in [-0.15, -0.1) is 0 Å². The number of rotatable bonds is 0. The van der Waals surface area contributed by atoms with Crippen LogP contribution in [0.4, 0.5) is 0 Å². The number of carbonyl (C=O) groups is 1. The van der Waals surface area contributed by atoms with E-state index in [9.17, 15) is 10.0 Å². The largest absolute Gasteiger partial charge is 0.592 e. The molecule has 4 heteroatoms. The highest BCUT2D eigenvalue weighted by molar-refractivity contribution is 5.63. The Morgan fingerprint density at radius 1 is 2.00 bits per heavy atom. The van der Waals surface area contributed by atoms with Gasteiger partial charge in [-0.1, -0.05) is 0 Å². The van der Waals surface area contributed by atoms with Crippen molar-refractivity contribution in [1.29, 1.82) is 5.53 Å². The van der Waals surface area contributed by atoms with Gasteiger partial charge in [0.2, 0.25) is 0 Å². The number of hydrogen-bond donors (Lipinski definition) is 1. The molecular weight excluding hydrogens is 84.0 g/mol. The summed E-state index contributed by atoms with van der Waals surface area (Å²) < 4.78 is 0. The summed E-state index contributed by atoms with van der Waals surface area (Å²) in [4.78, 5) is 9.10. The molecular formula is C2H4N2O2. The molecule has 0 rings (SSSR count). The van der Waals surface area contributed by atoms with Gasteiger partial charge in [-0.2, -0.15) is 0 Å². The molecule has 0 aromatic heterocycles. The van der Waals surface area contributed by atoms with Crippen LogP contribution in [0.25, 0.3) is 0 Å². The average molecular weight is 88.1 g/mol. The second kappa shape index (κ2) is 1.49. The molecule has 0 unspecified atom stereocenters. The first-order chi connectivity index (χ1) is 2.64. The maximum atomic E-state index is 9.57. The van der Waals surface area contributed by atoms with Gasteiger partial charge in [-0.3, -0.25) is 0 Å². The van der Waals surface area contributed by atoms with Crippen molar-refractivity contribution < 1.29 is 9.66 Å². The lowest BCUT2D eigenvalue weighted by Crippen LogP contribution is -2.03. The molecule has 0 saturated heterocycles. The van der Waals surface area contributed by atoms with Gasteiger partial charge in [0, 0.05) is 0 Å². The van der Waals surface area contributed by atoms with E-state index in [-0.39, 0.29) is 0 Å². The van der Waals surface area contributed by atoms with Crippen LogP contribution in [0.3, 0.4) is 0 Å². The van der Waals surface area contributed by atoms with Gasteiger partial charge < -0.3 is 5.21 Å². The lowest BCUT2D eigenvalue weighted by atomic mass is 10.8. The maximum Gasteiger partial charge on any atom is 0.419 e. The van der Waals surface area contributed by atoms with E-state index in [0.717, 1.165) is 6.92 Å². The van der Waals surface area contributed by atoms with E-state index >= 15 is 0 Å². The zero-order chi connectivity index (χ0) is 5.15. The molecule has 0 aliphatic rings. The Bertz CT molecular complexity index is 75.5.